The Morgan fingerprint density at radius 3 is 2.32 bits per heavy atom. The van der Waals surface area contributed by atoms with Gasteiger partial charge in [-0.2, -0.15) is 0 Å². The molecular formula is C14H20N2O3. The number of fused-ring (bicyclic) bond motifs is 2. The molecule has 0 aromatic carbocycles. The number of hydrogen-bond acceptors (Lipinski definition) is 3. The number of carboxylic acid groups (broad SMARTS) is 1. The highest BCUT2D eigenvalue weighted by molar-refractivity contribution is 5.86. The summed E-state index contributed by atoms with van der Waals surface area (Å²) in [6.07, 6.45) is 4.77. The molecule has 1 amide bonds. The zero-order chi connectivity index (χ0) is 13.6. The average Bonchev–Trinajstić information content (AvgIpc) is 2.98. The molecule has 0 aromatic heterocycles. The van der Waals surface area contributed by atoms with Crippen LogP contribution in [0.25, 0.3) is 0 Å². The van der Waals surface area contributed by atoms with E-state index in [4.69, 9.17) is 0 Å². The van der Waals surface area contributed by atoms with Crippen molar-refractivity contribution < 1.29 is 19.6 Å². The van der Waals surface area contributed by atoms with Gasteiger partial charge in [-0.15, -0.1) is 0 Å². The van der Waals surface area contributed by atoms with Crippen LogP contribution in [0.15, 0.2) is 12.2 Å². The van der Waals surface area contributed by atoms with E-state index in [2.05, 4.69) is 7.05 Å². The fourth-order valence-corrected chi connectivity index (χ4v) is 3.80. The molecule has 0 spiro atoms. The van der Waals surface area contributed by atoms with Gasteiger partial charge in [0.15, 0.2) is 0 Å². The Labute approximate surface area is 112 Å². The summed E-state index contributed by atoms with van der Waals surface area (Å²) < 4.78 is 0. The van der Waals surface area contributed by atoms with E-state index in [1.54, 1.807) is 0 Å². The number of aliphatic carboxylic acids is 1. The Balaban J connectivity index is 1.75. The molecule has 104 valence electrons. The van der Waals surface area contributed by atoms with Crippen molar-refractivity contribution in [1.82, 2.24) is 4.90 Å². The van der Waals surface area contributed by atoms with Gasteiger partial charge in [0.1, 0.15) is 0 Å². The van der Waals surface area contributed by atoms with Crippen LogP contribution in [0, 0.1) is 23.7 Å². The highest BCUT2D eigenvalue weighted by Gasteiger charge is 2.50. The molecule has 0 unspecified atom stereocenters. The summed E-state index contributed by atoms with van der Waals surface area (Å²) in [7, 11) is 2.12. The summed E-state index contributed by atoms with van der Waals surface area (Å²) in [4.78, 5) is 27.2. The fourth-order valence-electron chi connectivity index (χ4n) is 3.80. The maximum Gasteiger partial charge on any atom is 0.227 e. The molecule has 2 aliphatic carbocycles. The molecule has 0 aromatic rings. The normalized spacial score (nSPS) is 37.8. The van der Waals surface area contributed by atoms with Crippen molar-refractivity contribution >= 4 is 11.9 Å². The van der Waals surface area contributed by atoms with Gasteiger partial charge in [0.05, 0.1) is 39.1 Å². The maximum atomic E-state index is 12.6. The molecule has 1 saturated heterocycles. The van der Waals surface area contributed by atoms with Crippen LogP contribution in [0.1, 0.15) is 6.42 Å². The number of nitrogens with zero attached hydrogens (tertiary/aromatic N) is 1. The molecule has 1 saturated carbocycles. The Morgan fingerprint density at radius 2 is 1.74 bits per heavy atom. The van der Waals surface area contributed by atoms with E-state index in [1.807, 2.05) is 17.1 Å². The molecule has 1 aliphatic heterocycles. The predicted octanol–water partition coefficient (Wildman–Crippen LogP) is -2.47. The van der Waals surface area contributed by atoms with Crippen LogP contribution < -0.4 is 10.0 Å². The van der Waals surface area contributed by atoms with E-state index >= 15 is 0 Å². The van der Waals surface area contributed by atoms with Gasteiger partial charge in [-0.1, -0.05) is 12.2 Å². The number of hydrogen-bond donors (Lipinski definition) is 1. The monoisotopic (exact) mass is 264 g/mol. The third-order valence-electron chi connectivity index (χ3n) is 4.95. The van der Waals surface area contributed by atoms with E-state index in [1.165, 1.54) is 4.90 Å². The van der Waals surface area contributed by atoms with Gasteiger partial charge in [0, 0.05) is 11.9 Å². The number of amides is 1. The number of likely N-dealkylation sites (N-methyl/N-ethyl adjacent to an activating group) is 1. The van der Waals surface area contributed by atoms with Gasteiger partial charge in [-0.3, -0.25) is 4.79 Å². The van der Waals surface area contributed by atoms with Gasteiger partial charge in [-0.05, 0) is 18.3 Å². The van der Waals surface area contributed by atoms with Crippen LogP contribution in [-0.4, -0.2) is 50.0 Å². The zero-order valence-corrected chi connectivity index (χ0v) is 11.2. The number of carbonyl (C=O) groups is 2. The van der Waals surface area contributed by atoms with Crippen LogP contribution in [0.4, 0.5) is 0 Å². The summed E-state index contributed by atoms with van der Waals surface area (Å²) in [6, 6.07) is 0. The third-order valence-corrected chi connectivity index (χ3v) is 4.95. The standard InChI is InChI=1S/C14H20N2O3/c1-15-4-6-16(7-5-15)13(17)11-9-2-3-10(8-9)12(11)14(18)19/h2-3,9-12H,4-8H2,1H3,(H,18,19)/t9-,10+,11-,12+/m1/s1. The van der Waals surface area contributed by atoms with Crippen molar-refractivity contribution in [3.05, 3.63) is 12.2 Å². The summed E-state index contributed by atoms with van der Waals surface area (Å²) in [5.41, 5.74) is 0. The minimum absolute atomic E-state index is 0.00189. The van der Waals surface area contributed by atoms with Crippen LogP contribution in [0.5, 0.6) is 0 Å². The maximum absolute atomic E-state index is 12.6. The summed E-state index contributed by atoms with van der Waals surface area (Å²) >= 11 is 0. The van der Waals surface area contributed by atoms with E-state index in [9.17, 15) is 14.7 Å². The highest BCUT2D eigenvalue weighted by atomic mass is 16.4. The molecule has 3 aliphatic rings. The second-order valence-electron chi connectivity index (χ2n) is 6.10. The molecule has 1 heterocycles. The molecule has 19 heavy (non-hydrogen) atoms. The highest BCUT2D eigenvalue weighted by Crippen LogP contribution is 2.48. The first-order chi connectivity index (χ1) is 9.08. The van der Waals surface area contributed by atoms with Crippen LogP contribution in [0.2, 0.25) is 0 Å². The van der Waals surface area contributed by atoms with Crippen molar-refractivity contribution in [2.24, 2.45) is 23.7 Å². The Bertz CT molecular complexity index is 426. The SMILES string of the molecule is C[NH+]1CCN(C(=O)[C@H]2[C@@H](C(=O)[O-])[C@H]3C=C[C@@H]2C3)CC1. The van der Waals surface area contributed by atoms with E-state index in [-0.39, 0.29) is 17.7 Å². The molecule has 2 bridgehead atoms. The first kappa shape index (κ1) is 12.7. The Hall–Kier alpha value is -1.36. The van der Waals surface area contributed by atoms with Gasteiger partial charge in [0.25, 0.3) is 0 Å². The number of quaternary nitrogens is 1. The zero-order valence-electron chi connectivity index (χ0n) is 11.2. The first-order valence-electron chi connectivity index (χ1n) is 7.07. The lowest BCUT2D eigenvalue weighted by molar-refractivity contribution is -0.883. The quantitative estimate of drug-likeness (QED) is 0.562. The second kappa shape index (κ2) is 4.63. The third kappa shape index (κ3) is 2.06. The summed E-state index contributed by atoms with van der Waals surface area (Å²) in [6.45, 7) is 3.36. The minimum Gasteiger partial charge on any atom is -0.550 e. The van der Waals surface area contributed by atoms with Gasteiger partial charge >= 0.3 is 0 Å². The first-order valence-corrected chi connectivity index (χ1v) is 7.07. The molecule has 5 nitrogen and oxygen atoms in total. The van der Waals surface area contributed by atoms with E-state index in [0.29, 0.717) is 0 Å². The van der Waals surface area contributed by atoms with Crippen LogP contribution >= 0.6 is 0 Å². The molecular weight excluding hydrogens is 244 g/mol. The number of carbonyl (C=O) groups excluding carboxylic acids is 2. The molecule has 2 fully saturated rings. The van der Waals surface area contributed by atoms with Crippen molar-refractivity contribution in [1.29, 1.82) is 0 Å². The van der Waals surface area contributed by atoms with Crippen LogP contribution in [-0.2, 0) is 9.59 Å². The lowest BCUT2D eigenvalue weighted by Crippen LogP contribution is -3.12. The Kier molecular flexibility index (Phi) is 3.09. The lowest BCUT2D eigenvalue weighted by atomic mass is 9.82. The number of rotatable bonds is 2. The van der Waals surface area contributed by atoms with E-state index in [0.717, 1.165) is 32.6 Å². The summed E-state index contributed by atoms with van der Waals surface area (Å²) in [5.74, 6) is -1.93. The fraction of sp³-hybridized carbons (Fsp3) is 0.714. The summed E-state index contributed by atoms with van der Waals surface area (Å²) in [5, 5.41) is 11.3. The lowest BCUT2D eigenvalue weighted by Gasteiger charge is -2.35. The number of piperazine rings is 1. The topological polar surface area (TPSA) is 64.9 Å². The molecule has 3 rings (SSSR count). The molecule has 0 radical (unpaired) electrons. The minimum atomic E-state index is -1.06. The second-order valence-corrected chi connectivity index (χ2v) is 6.10. The van der Waals surface area contributed by atoms with Crippen molar-refractivity contribution in [3.8, 4) is 0 Å². The molecule has 5 heteroatoms. The smallest absolute Gasteiger partial charge is 0.227 e. The van der Waals surface area contributed by atoms with Crippen molar-refractivity contribution in [2.75, 3.05) is 33.2 Å². The van der Waals surface area contributed by atoms with Crippen molar-refractivity contribution in [3.63, 3.8) is 0 Å². The van der Waals surface area contributed by atoms with Gasteiger partial charge in [0.2, 0.25) is 5.91 Å². The number of carboxylic acids is 1. The van der Waals surface area contributed by atoms with Gasteiger partial charge in [-0.25, -0.2) is 0 Å². The Morgan fingerprint density at radius 1 is 1.16 bits per heavy atom. The number of allylic oxidation sites excluding steroid dienone is 2. The number of nitrogens with one attached hydrogen (secondary N) is 1. The molecule has 4 atom stereocenters. The average molecular weight is 264 g/mol. The predicted molar refractivity (Wildman–Crippen MR) is 65.9 cm³/mol. The van der Waals surface area contributed by atoms with Crippen molar-refractivity contribution in [2.45, 2.75) is 6.42 Å². The van der Waals surface area contributed by atoms with Gasteiger partial charge < -0.3 is 19.7 Å². The molecule has 1 N–H and O–H groups in total. The largest absolute Gasteiger partial charge is 0.550 e. The van der Waals surface area contributed by atoms with Crippen LogP contribution in [0.3, 0.4) is 0 Å². The van der Waals surface area contributed by atoms with E-state index < -0.39 is 17.8 Å².